The van der Waals surface area contributed by atoms with Gasteiger partial charge in [0, 0.05) is 24.2 Å². The molecule has 0 spiro atoms. The van der Waals surface area contributed by atoms with Crippen molar-refractivity contribution in [3.05, 3.63) is 108 Å². The van der Waals surface area contributed by atoms with E-state index in [0.29, 0.717) is 39.0 Å². The van der Waals surface area contributed by atoms with Crippen molar-refractivity contribution in [1.82, 2.24) is 8.87 Å². The Kier molecular flexibility index (Phi) is 6.50. The Hall–Kier alpha value is -2.98. The molecule has 0 amide bonds. The predicted molar refractivity (Wildman–Crippen MR) is 136 cm³/mol. The molecule has 1 aliphatic heterocycles. The Morgan fingerprint density at radius 2 is 1.83 bits per heavy atom. The summed E-state index contributed by atoms with van der Waals surface area (Å²) >= 11 is 7.33. The Labute approximate surface area is 211 Å². The molecule has 35 heavy (non-hydrogen) atoms. The van der Waals surface area contributed by atoms with Gasteiger partial charge in [0.25, 0.3) is 5.56 Å². The molecule has 2 aromatic carbocycles. The van der Waals surface area contributed by atoms with Crippen LogP contribution >= 0.6 is 22.9 Å². The second-order valence-electron chi connectivity index (χ2n) is 8.25. The molecule has 0 unspecified atom stereocenters. The number of hydrogen-bond acceptors (Lipinski definition) is 6. The van der Waals surface area contributed by atoms with Crippen molar-refractivity contribution in [2.75, 3.05) is 6.54 Å². The SMILES string of the molecule is Cc1ccc(S(=O)(=O)N(Cc2ccc(Cl)cc2)Cc2ccc(/C=c3\sc4n(c3=O)CCN=4)o2)cc1. The molecule has 0 aliphatic carbocycles. The summed E-state index contributed by atoms with van der Waals surface area (Å²) in [4.78, 5) is 17.8. The van der Waals surface area contributed by atoms with Gasteiger partial charge in [0.05, 0.1) is 22.5 Å². The van der Waals surface area contributed by atoms with E-state index in [1.807, 2.05) is 6.92 Å². The van der Waals surface area contributed by atoms with Crippen molar-refractivity contribution in [2.45, 2.75) is 31.5 Å². The molecule has 2 aromatic heterocycles. The van der Waals surface area contributed by atoms with Gasteiger partial charge in [-0.2, -0.15) is 4.31 Å². The van der Waals surface area contributed by atoms with Gasteiger partial charge < -0.3 is 4.42 Å². The topological polar surface area (TPSA) is 84.9 Å². The molecule has 0 saturated carbocycles. The fourth-order valence-corrected chi connectivity index (χ4v) is 6.34. The third-order valence-electron chi connectivity index (χ3n) is 5.68. The maximum atomic E-state index is 13.5. The van der Waals surface area contributed by atoms with Crippen molar-refractivity contribution in [3.63, 3.8) is 0 Å². The lowest BCUT2D eigenvalue weighted by Gasteiger charge is -2.21. The van der Waals surface area contributed by atoms with Gasteiger partial charge in [-0.25, -0.2) is 8.42 Å². The number of sulfonamides is 1. The van der Waals surface area contributed by atoms with Crippen LogP contribution in [0.3, 0.4) is 0 Å². The number of benzene rings is 2. The molecule has 4 aromatic rings. The van der Waals surface area contributed by atoms with E-state index >= 15 is 0 Å². The van der Waals surface area contributed by atoms with Crippen molar-refractivity contribution in [2.24, 2.45) is 4.99 Å². The first-order valence-electron chi connectivity index (χ1n) is 11.0. The summed E-state index contributed by atoms with van der Waals surface area (Å²) in [5, 5.41) is 0.580. The highest BCUT2D eigenvalue weighted by Crippen LogP contribution is 2.23. The zero-order valence-corrected chi connectivity index (χ0v) is 21.2. The highest BCUT2D eigenvalue weighted by molar-refractivity contribution is 7.89. The van der Waals surface area contributed by atoms with E-state index in [9.17, 15) is 13.2 Å². The smallest absolute Gasteiger partial charge is 0.270 e. The second-order valence-corrected chi connectivity index (χ2v) is 11.6. The van der Waals surface area contributed by atoms with Crippen LogP contribution < -0.4 is 14.9 Å². The number of hydrogen-bond donors (Lipinski definition) is 0. The van der Waals surface area contributed by atoms with Crippen molar-refractivity contribution < 1.29 is 12.8 Å². The van der Waals surface area contributed by atoms with Crippen LogP contribution in [-0.4, -0.2) is 23.8 Å². The van der Waals surface area contributed by atoms with E-state index in [1.165, 1.54) is 15.6 Å². The highest BCUT2D eigenvalue weighted by atomic mass is 35.5. The lowest BCUT2D eigenvalue weighted by Crippen LogP contribution is -2.30. The largest absolute Gasteiger partial charge is 0.460 e. The average Bonchev–Trinajstić information content (AvgIpc) is 3.54. The van der Waals surface area contributed by atoms with Crippen LogP contribution in [0, 0.1) is 6.92 Å². The minimum atomic E-state index is -3.81. The standard InChI is InChI=1S/C25H22ClN3O4S2/c1-17-2-10-22(11-3-17)35(31,32)28(15-18-4-6-19(26)7-5-18)16-21-9-8-20(33-21)14-23-24(30)29-13-12-27-25(29)34-23/h2-11,14H,12-13,15-16H2,1H3/b23-14-. The van der Waals surface area contributed by atoms with E-state index < -0.39 is 10.0 Å². The van der Waals surface area contributed by atoms with Crippen LogP contribution in [0.25, 0.3) is 6.08 Å². The summed E-state index contributed by atoms with van der Waals surface area (Å²) in [7, 11) is -3.81. The predicted octanol–water partition coefficient (Wildman–Crippen LogP) is 3.32. The van der Waals surface area contributed by atoms with Crippen LogP contribution in [0.1, 0.15) is 22.6 Å². The summed E-state index contributed by atoms with van der Waals surface area (Å²) in [5.74, 6) is 0.951. The van der Waals surface area contributed by atoms with E-state index in [0.717, 1.165) is 11.1 Å². The fourth-order valence-electron chi connectivity index (χ4n) is 3.81. The van der Waals surface area contributed by atoms with Crippen molar-refractivity contribution in [1.29, 1.82) is 0 Å². The first-order chi connectivity index (χ1) is 16.8. The number of aromatic nitrogens is 1. The van der Waals surface area contributed by atoms with Gasteiger partial charge in [-0.3, -0.25) is 14.4 Å². The third kappa shape index (κ3) is 5.04. The van der Waals surface area contributed by atoms with Crippen LogP contribution in [0.4, 0.5) is 0 Å². The highest BCUT2D eigenvalue weighted by Gasteiger charge is 2.26. The summed E-state index contributed by atoms with van der Waals surface area (Å²) in [6.07, 6.45) is 1.68. The monoisotopic (exact) mass is 527 g/mol. The molecular formula is C25H22ClN3O4S2. The molecule has 5 rings (SSSR count). The van der Waals surface area contributed by atoms with E-state index in [4.69, 9.17) is 16.0 Å². The van der Waals surface area contributed by atoms with Gasteiger partial charge in [-0.1, -0.05) is 52.8 Å². The Bertz CT molecular complexity index is 1650. The number of halogens is 1. The van der Waals surface area contributed by atoms with E-state index in [1.54, 1.807) is 71.3 Å². The van der Waals surface area contributed by atoms with Gasteiger partial charge in [0.15, 0.2) is 4.80 Å². The number of furan rings is 1. The number of fused-ring (bicyclic) bond motifs is 1. The fraction of sp³-hybridized carbons (Fsp3) is 0.200. The summed E-state index contributed by atoms with van der Waals surface area (Å²) < 4.78 is 36.6. The Morgan fingerprint density at radius 1 is 1.09 bits per heavy atom. The molecule has 10 heteroatoms. The lowest BCUT2D eigenvalue weighted by molar-refractivity contribution is 0.357. The van der Waals surface area contributed by atoms with Gasteiger partial charge in [0.1, 0.15) is 11.5 Å². The molecule has 0 radical (unpaired) electrons. The Balaban J connectivity index is 1.46. The van der Waals surface area contributed by atoms with Crippen LogP contribution in [-0.2, 0) is 29.7 Å². The zero-order chi connectivity index (χ0) is 24.6. The lowest BCUT2D eigenvalue weighted by atomic mass is 10.2. The number of nitrogens with zero attached hydrogens (tertiary/aromatic N) is 3. The van der Waals surface area contributed by atoms with Crippen LogP contribution in [0.15, 0.2) is 79.8 Å². The molecule has 3 heterocycles. The number of thiazole rings is 1. The molecule has 0 saturated heterocycles. The van der Waals surface area contributed by atoms with Crippen molar-refractivity contribution in [3.8, 4) is 0 Å². The second kappa shape index (κ2) is 9.58. The first kappa shape index (κ1) is 23.7. The minimum Gasteiger partial charge on any atom is -0.460 e. The number of aryl methyl sites for hydroxylation is 1. The van der Waals surface area contributed by atoms with Gasteiger partial charge in [-0.05, 0) is 48.9 Å². The van der Waals surface area contributed by atoms with E-state index in [2.05, 4.69) is 4.99 Å². The van der Waals surface area contributed by atoms with Gasteiger partial charge in [-0.15, -0.1) is 0 Å². The maximum absolute atomic E-state index is 13.5. The molecule has 0 N–H and O–H groups in total. The zero-order valence-electron chi connectivity index (χ0n) is 18.8. The van der Waals surface area contributed by atoms with E-state index in [-0.39, 0.29) is 23.5 Å². The minimum absolute atomic E-state index is 0.0297. The normalized spacial score (nSPS) is 13.9. The maximum Gasteiger partial charge on any atom is 0.270 e. The Morgan fingerprint density at radius 3 is 2.54 bits per heavy atom. The molecule has 0 bridgehead atoms. The molecular weight excluding hydrogens is 506 g/mol. The quantitative estimate of drug-likeness (QED) is 0.369. The first-order valence-corrected chi connectivity index (χ1v) is 13.6. The van der Waals surface area contributed by atoms with Crippen molar-refractivity contribution >= 4 is 39.0 Å². The molecule has 180 valence electrons. The molecule has 0 fully saturated rings. The molecule has 7 nitrogen and oxygen atoms in total. The van der Waals surface area contributed by atoms with Crippen LogP contribution in [0.5, 0.6) is 0 Å². The average molecular weight is 528 g/mol. The van der Waals surface area contributed by atoms with Crippen LogP contribution in [0.2, 0.25) is 5.02 Å². The molecule has 0 atom stereocenters. The summed E-state index contributed by atoms with van der Waals surface area (Å²) in [6.45, 7) is 3.31. The van der Waals surface area contributed by atoms with Gasteiger partial charge in [0.2, 0.25) is 10.0 Å². The number of rotatable bonds is 7. The van der Waals surface area contributed by atoms with Gasteiger partial charge >= 0.3 is 0 Å². The summed E-state index contributed by atoms with van der Waals surface area (Å²) in [5.41, 5.74) is 1.69. The summed E-state index contributed by atoms with van der Waals surface area (Å²) in [6, 6.07) is 17.3. The molecule has 1 aliphatic rings. The third-order valence-corrected chi connectivity index (χ3v) is 8.78.